The quantitative estimate of drug-likeness (QED) is 0.327. The SMILES string of the molecule is COCC1CN(CCC[SiH2]C(OC)OC)CCC[Si](C)(OC)O1. The average Bonchev–Trinajstić information content (AvgIpc) is 2.53. The standard InChI is InChI=1S/C15H35NO5Si2/c1-17-13-14-12-16(8-6-10-22-15(18-2)19-3)9-7-11-23(5,20-4)21-14/h14-15H,6-13,22H2,1-5H3. The lowest BCUT2D eigenvalue weighted by molar-refractivity contribution is -0.0441. The highest BCUT2D eigenvalue weighted by molar-refractivity contribution is 6.66. The van der Waals surface area contributed by atoms with Gasteiger partial charge in [-0.3, -0.25) is 0 Å². The van der Waals surface area contributed by atoms with Crippen LogP contribution in [0.15, 0.2) is 0 Å². The molecule has 8 heteroatoms. The van der Waals surface area contributed by atoms with Gasteiger partial charge in [-0.2, -0.15) is 0 Å². The average molecular weight is 366 g/mol. The zero-order valence-corrected chi connectivity index (χ0v) is 17.9. The van der Waals surface area contributed by atoms with Gasteiger partial charge in [-0.25, -0.2) is 0 Å². The molecule has 1 aliphatic rings. The summed E-state index contributed by atoms with van der Waals surface area (Å²) in [5.41, 5.74) is 0. The van der Waals surface area contributed by atoms with Crippen LogP contribution in [0, 0.1) is 0 Å². The highest BCUT2D eigenvalue weighted by atomic mass is 28.4. The van der Waals surface area contributed by atoms with E-state index in [-0.39, 0.29) is 21.5 Å². The van der Waals surface area contributed by atoms with Gasteiger partial charge in [-0.15, -0.1) is 0 Å². The fraction of sp³-hybridized carbons (Fsp3) is 1.00. The molecule has 0 aromatic carbocycles. The van der Waals surface area contributed by atoms with Gasteiger partial charge in [-0.05, 0) is 38.5 Å². The molecule has 6 nitrogen and oxygen atoms in total. The van der Waals surface area contributed by atoms with E-state index in [1.54, 1.807) is 28.4 Å². The van der Waals surface area contributed by atoms with Gasteiger partial charge in [0.05, 0.1) is 22.2 Å². The molecule has 0 aromatic rings. The molecule has 0 aromatic heterocycles. The van der Waals surface area contributed by atoms with Crippen LogP contribution in [0.4, 0.5) is 0 Å². The zero-order chi connectivity index (χ0) is 17.1. The molecule has 1 saturated heterocycles. The Kier molecular flexibility index (Phi) is 10.8. The number of nitrogens with zero attached hydrogens (tertiary/aromatic N) is 1. The summed E-state index contributed by atoms with van der Waals surface area (Å²) in [7, 11) is 4.63. The smallest absolute Gasteiger partial charge is 0.335 e. The van der Waals surface area contributed by atoms with Gasteiger partial charge in [0, 0.05) is 35.0 Å². The van der Waals surface area contributed by atoms with E-state index < -0.39 is 8.56 Å². The highest BCUT2D eigenvalue weighted by Gasteiger charge is 2.35. The monoisotopic (exact) mass is 365 g/mol. The third kappa shape index (κ3) is 8.21. The number of hydrogen-bond acceptors (Lipinski definition) is 6. The Morgan fingerprint density at radius 1 is 1.26 bits per heavy atom. The number of methoxy groups -OCH3 is 3. The van der Waals surface area contributed by atoms with Crippen LogP contribution in [0.2, 0.25) is 18.6 Å². The molecule has 138 valence electrons. The summed E-state index contributed by atoms with van der Waals surface area (Å²) < 4.78 is 27.9. The molecule has 0 bridgehead atoms. The summed E-state index contributed by atoms with van der Waals surface area (Å²) in [6, 6.07) is 2.29. The van der Waals surface area contributed by atoms with E-state index in [4.69, 9.17) is 23.1 Å². The third-order valence-electron chi connectivity index (χ3n) is 4.46. The van der Waals surface area contributed by atoms with Crippen molar-refractivity contribution in [1.82, 2.24) is 4.90 Å². The van der Waals surface area contributed by atoms with Gasteiger partial charge in [-0.1, -0.05) is 6.04 Å². The summed E-state index contributed by atoms with van der Waals surface area (Å²) in [4.78, 5) is 2.51. The molecule has 1 fully saturated rings. The van der Waals surface area contributed by atoms with E-state index in [0.29, 0.717) is 6.61 Å². The first-order valence-electron chi connectivity index (χ1n) is 8.56. The summed E-state index contributed by atoms with van der Waals surface area (Å²) in [6.07, 6.45) is 2.46. The van der Waals surface area contributed by atoms with Gasteiger partial charge in [0.2, 0.25) is 0 Å². The van der Waals surface area contributed by atoms with E-state index in [1.807, 2.05) is 0 Å². The minimum absolute atomic E-state index is 0.0558. The molecule has 1 rings (SSSR count). The highest BCUT2D eigenvalue weighted by Crippen LogP contribution is 2.21. The van der Waals surface area contributed by atoms with E-state index in [1.165, 1.54) is 12.5 Å². The summed E-state index contributed by atoms with van der Waals surface area (Å²) >= 11 is 0. The van der Waals surface area contributed by atoms with Crippen LogP contribution < -0.4 is 0 Å². The molecule has 0 radical (unpaired) electrons. The van der Waals surface area contributed by atoms with Crippen molar-refractivity contribution in [3.05, 3.63) is 0 Å². The normalized spacial score (nSPS) is 27.7. The number of rotatable bonds is 10. The Labute approximate surface area is 144 Å². The van der Waals surface area contributed by atoms with E-state index in [2.05, 4.69) is 11.4 Å². The number of hydrogen-bond donors (Lipinski definition) is 0. The van der Waals surface area contributed by atoms with Gasteiger partial charge < -0.3 is 28.0 Å². The molecule has 23 heavy (non-hydrogen) atoms. The van der Waals surface area contributed by atoms with Crippen molar-refractivity contribution in [3.63, 3.8) is 0 Å². The lowest BCUT2D eigenvalue weighted by Gasteiger charge is -2.36. The Hall–Kier alpha value is 0.194. The van der Waals surface area contributed by atoms with Gasteiger partial charge in [0.25, 0.3) is 0 Å². The van der Waals surface area contributed by atoms with E-state index in [9.17, 15) is 0 Å². The molecular weight excluding hydrogens is 330 g/mol. The molecule has 0 amide bonds. The maximum atomic E-state index is 6.30. The molecule has 0 aliphatic carbocycles. The van der Waals surface area contributed by atoms with Crippen LogP contribution in [0.1, 0.15) is 12.8 Å². The summed E-state index contributed by atoms with van der Waals surface area (Å²) in [6.45, 7) is 5.95. The second kappa shape index (κ2) is 11.7. The van der Waals surface area contributed by atoms with Crippen LogP contribution in [-0.2, 0) is 23.1 Å². The molecule has 2 atom stereocenters. The first-order chi connectivity index (χ1) is 11.1. The maximum Gasteiger partial charge on any atom is 0.335 e. The first kappa shape index (κ1) is 21.2. The summed E-state index contributed by atoms with van der Waals surface area (Å²) in [5.74, 6) is 0.0558. The Bertz CT molecular complexity index is 310. The second-order valence-corrected chi connectivity index (χ2v) is 11.7. The van der Waals surface area contributed by atoms with Crippen molar-refractivity contribution < 1.29 is 23.1 Å². The van der Waals surface area contributed by atoms with Crippen molar-refractivity contribution in [3.8, 4) is 0 Å². The van der Waals surface area contributed by atoms with Crippen LogP contribution in [0.25, 0.3) is 0 Å². The third-order valence-corrected chi connectivity index (χ3v) is 9.46. The lowest BCUT2D eigenvalue weighted by atomic mass is 10.3. The predicted molar refractivity (Wildman–Crippen MR) is 97.0 cm³/mol. The molecule has 1 heterocycles. The molecule has 0 spiro atoms. The maximum absolute atomic E-state index is 6.30. The molecule has 1 aliphatic heterocycles. The molecular formula is C15H35NO5Si2. The van der Waals surface area contributed by atoms with Crippen LogP contribution in [0.3, 0.4) is 0 Å². The van der Waals surface area contributed by atoms with Crippen molar-refractivity contribution in [2.24, 2.45) is 0 Å². The van der Waals surface area contributed by atoms with Crippen LogP contribution in [-0.4, -0.2) is 89.7 Å². The summed E-state index contributed by atoms with van der Waals surface area (Å²) in [5, 5.41) is 0. The second-order valence-electron chi connectivity index (χ2n) is 6.33. The fourth-order valence-corrected chi connectivity index (χ4v) is 6.44. The van der Waals surface area contributed by atoms with Crippen molar-refractivity contribution in [1.29, 1.82) is 0 Å². The topological polar surface area (TPSA) is 49.4 Å². The molecule has 2 unspecified atom stereocenters. The van der Waals surface area contributed by atoms with Gasteiger partial charge in [0.1, 0.15) is 5.91 Å². The largest absolute Gasteiger partial charge is 0.398 e. The molecule has 0 N–H and O–H groups in total. The minimum Gasteiger partial charge on any atom is -0.398 e. The Morgan fingerprint density at radius 3 is 2.61 bits per heavy atom. The van der Waals surface area contributed by atoms with Gasteiger partial charge in [0.15, 0.2) is 0 Å². The fourth-order valence-electron chi connectivity index (χ4n) is 3.06. The van der Waals surface area contributed by atoms with E-state index >= 15 is 0 Å². The minimum atomic E-state index is -2.02. The Balaban J connectivity index is 2.40. The predicted octanol–water partition coefficient (Wildman–Crippen LogP) is 0.996. The lowest BCUT2D eigenvalue weighted by Crippen LogP contribution is -2.49. The first-order valence-corrected chi connectivity index (χ1v) is 12.9. The Morgan fingerprint density at radius 2 is 2.00 bits per heavy atom. The van der Waals surface area contributed by atoms with Gasteiger partial charge >= 0.3 is 8.56 Å². The van der Waals surface area contributed by atoms with Crippen molar-refractivity contribution in [2.45, 2.75) is 43.5 Å². The van der Waals surface area contributed by atoms with Crippen molar-refractivity contribution >= 4 is 18.1 Å². The zero-order valence-electron chi connectivity index (χ0n) is 15.5. The number of ether oxygens (including phenoxy) is 3. The van der Waals surface area contributed by atoms with Crippen LogP contribution >= 0.6 is 0 Å². The molecule has 0 saturated carbocycles. The van der Waals surface area contributed by atoms with E-state index in [0.717, 1.165) is 32.1 Å². The van der Waals surface area contributed by atoms with Crippen molar-refractivity contribution in [2.75, 3.05) is 54.7 Å². The van der Waals surface area contributed by atoms with Crippen LogP contribution in [0.5, 0.6) is 0 Å².